The van der Waals surface area contributed by atoms with Gasteiger partial charge >= 0.3 is 18.2 Å². The second-order valence-electron chi connectivity index (χ2n) is 12.6. The van der Waals surface area contributed by atoms with E-state index in [9.17, 15) is 14.4 Å². The fourth-order valence-electron chi connectivity index (χ4n) is 4.62. The second kappa shape index (κ2) is 15.2. The molecule has 2 amide bonds. The minimum absolute atomic E-state index is 0.190. The molecule has 43 heavy (non-hydrogen) atoms. The van der Waals surface area contributed by atoms with Crippen LogP contribution in [0.5, 0.6) is 0 Å². The van der Waals surface area contributed by atoms with Gasteiger partial charge in [-0.15, -0.1) is 0 Å². The minimum atomic E-state index is -1.43. The van der Waals surface area contributed by atoms with Gasteiger partial charge in [0.25, 0.3) is 0 Å². The molecule has 234 valence electrons. The lowest BCUT2D eigenvalue weighted by molar-refractivity contribution is -0.163. The van der Waals surface area contributed by atoms with Gasteiger partial charge in [0.15, 0.2) is 6.04 Å². The van der Waals surface area contributed by atoms with Crippen LogP contribution in [0, 0.1) is 5.92 Å². The lowest BCUT2D eigenvalue weighted by atomic mass is 9.91. The van der Waals surface area contributed by atoms with Crippen molar-refractivity contribution in [2.45, 2.75) is 84.3 Å². The van der Waals surface area contributed by atoms with Crippen LogP contribution in [0.25, 0.3) is 6.08 Å². The predicted octanol–water partition coefficient (Wildman–Crippen LogP) is 6.45. The van der Waals surface area contributed by atoms with Crippen LogP contribution in [0.1, 0.15) is 59.6 Å². The van der Waals surface area contributed by atoms with E-state index in [0.717, 1.165) is 11.1 Å². The molecule has 1 aliphatic rings. The van der Waals surface area contributed by atoms with E-state index in [-0.39, 0.29) is 25.7 Å². The van der Waals surface area contributed by atoms with E-state index in [4.69, 9.17) is 23.7 Å². The number of ether oxygens (including phenoxy) is 5. The number of imide groups is 1. The van der Waals surface area contributed by atoms with Gasteiger partial charge in [-0.05, 0) is 66.0 Å². The van der Waals surface area contributed by atoms with Crippen LogP contribution in [0.15, 0.2) is 66.7 Å². The van der Waals surface area contributed by atoms with Gasteiger partial charge < -0.3 is 23.7 Å². The fourth-order valence-corrected chi connectivity index (χ4v) is 4.62. The Morgan fingerprint density at radius 1 is 0.884 bits per heavy atom. The van der Waals surface area contributed by atoms with Gasteiger partial charge in [-0.1, -0.05) is 72.8 Å². The van der Waals surface area contributed by atoms with Gasteiger partial charge in [-0.3, -0.25) is 0 Å². The zero-order chi connectivity index (χ0) is 31.6. The average Bonchev–Trinajstić information content (AvgIpc) is 2.95. The van der Waals surface area contributed by atoms with Gasteiger partial charge in [0.05, 0.1) is 25.9 Å². The number of carbonyl (C=O) groups excluding carboxylic acids is 3. The molecule has 0 aliphatic carbocycles. The maximum atomic E-state index is 13.6. The smallest absolute Gasteiger partial charge is 0.420 e. The van der Waals surface area contributed by atoms with Crippen molar-refractivity contribution in [3.05, 3.63) is 77.9 Å². The Bertz CT molecular complexity index is 1190. The standard InChI is InChI=1S/C34H45NO8/c1-24-29(40-20-14-19-25-15-10-8-11-16-25)27(21-26-17-12-9-13-18-26)22-39-23-28(30(36)41-24)35(31(37)42-33(2,3)4)32(38)43-34(5,6)7/h8-19,24,27-29H,20-23H2,1-7H3/t24-,27-,28-,29-/m0/s1. The van der Waals surface area contributed by atoms with Crippen LogP contribution >= 0.6 is 0 Å². The summed E-state index contributed by atoms with van der Waals surface area (Å²) in [7, 11) is 0. The molecular weight excluding hydrogens is 550 g/mol. The number of esters is 1. The molecule has 9 nitrogen and oxygen atoms in total. The highest BCUT2D eigenvalue weighted by Crippen LogP contribution is 2.25. The Labute approximate surface area is 255 Å². The fraction of sp³-hybridized carbons (Fsp3) is 0.500. The van der Waals surface area contributed by atoms with Gasteiger partial charge in [0.2, 0.25) is 0 Å². The van der Waals surface area contributed by atoms with E-state index < -0.39 is 47.6 Å². The summed E-state index contributed by atoms with van der Waals surface area (Å²) in [6.45, 7) is 11.9. The summed E-state index contributed by atoms with van der Waals surface area (Å²) < 4.78 is 29.2. The normalized spacial score (nSPS) is 21.7. The molecule has 0 unspecified atom stereocenters. The zero-order valence-electron chi connectivity index (χ0n) is 26.3. The van der Waals surface area contributed by atoms with Crippen LogP contribution in [-0.2, 0) is 34.9 Å². The summed E-state index contributed by atoms with van der Waals surface area (Å²) in [4.78, 5) is 40.8. The molecule has 1 fully saturated rings. The molecule has 2 aromatic rings. The Morgan fingerprint density at radius 2 is 1.44 bits per heavy atom. The molecule has 1 heterocycles. The summed E-state index contributed by atoms with van der Waals surface area (Å²) in [5.74, 6) is -1.02. The molecule has 0 aromatic heterocycles. The topological polar surface area (TPSA) is 101 Å². The molecular formula is C34H45NO8. The number of rotatable bonds is 7. The van der Waals surface area contributed by atoms with Crippen molar-refractivity contribution in [3.8, 4) is 0 Å². The zero-order valence-corrected chi connectivity index (χ0v) is 26.3. The second-order valence-corrected chi connectivity index (χ2v) is 12.6. The first-order valence-electron chi connectivity index (χ1n) is 14.6. The number of cyclic esters (lactones) is 1. The van der Waals surface area contributed by atoms with Crippen LogP contribution in [0.3, 0.4) is 0 Å². The molecule has 4 atom stereocenters. The van der Waals surface area contributed by atoms with Crippen LogP contribution in [-0.4, -0.2) is 72.3 Å². The maximum Gasteiger partial charge on any atom is 0.420 e. The molecule has 1 saturated heterocycles. The van der Waals surface area contributed by atoms with E-state index in [1.54, 1.807) is 48.5 Å². The van der Waals surface area contributed by atoms with Crippen molar-refractivity contribution in [2.24, 2.45) is 5.92 Å². The summed E-state index contributed by atoms with van der Waals surface area (Å²) in [6, 6.07) is 18.3. The first-order chi connectivity index (χ1) is 20.2. The molecule has 0 spiro atoms. The van der Waals surface area contributed by atoms with Crippen molar-refractivity contribution in [1.29, 1.82) is 0 Å². The van der Waals surface area contributed by atoms with Crippen molar-refractivity contribution in [1.82, 2.24) is 4.90 Å². The largest absolute Gasteiger partial charge is 0.458 e. The van der Waals surface area contributed by atoms with Crippen LogP contribution in [0.2, 0.25) is 0 Å². The van der Waals surface area contributed by atoms with Crippen molar-refractivity contribution in [3.63, 3.8) is 0 Å². The molecule has 0 saturated carbocycles. The van der Waals surface area contributed by atoms with Crippen molar-refractivity contribution >= 4 is 24.2 Å². The maximum absolute atomic E-state index is 13.6. The van der Waals surface area contributed by atoms with Crippen molar-refractivity contribution in [2.75, 3.05) is 19.8 Å². The lowest BCUT2D eigenvalue weighted by Gasteiger charge is -2.32. The Hall–Kier alpha value is -3.69. The van der Waals surface area contributed by atoms with E-state index in [0.29, 0.717) is 11.3 Å². The van der Waals surface area contributed by atoms with E-state index >= 15 is 0 Å². The SMILES string of the molecule is C[C@@H]1OC(=O)[C@@H](N(C(=O)OC(C)(C)C)C(=O)OC(C)(C)C)COC[C@H](Cc2ccccc2)[C@H]1OCC=Cc1ccccc1. The molecule has 0 bridgehead atoms. The summed E-state index contributed by atoms with van der Waals surface area (Å²) >= 11 is 0. The number of amides is 2. The van der Waals surface area contributed by atoms with Gasteiger partial charge in [-0.25, -0.2) is 14.4 Å². The summed E-state index contributed by atoms with van der Waals surface area (Å²) in [5, 5.41) is 0. The molecule has 0 N–H and O–H groups in total. The van der Waals surface area contributed by atoms with Gasteiger partial charge in [0.1, 0.15) is 17.3 Å². The molecule has 1 aliphatic heterocycles. The first-order valence-corrected chi connectivity index (χ1v) is 14.6. The Kier molecular flexibility index (Phi) is 11.9. The van der Waals surface area contributed by atoms with E-state index in [2.05, 4.69) is 0 Å². The number of hydrogen-bond donors (Lipinski definition) is 0. The molecule has 0 radical (unpaired) electrons. The number of benzene rings is 2. The van der Waals surface area contributed by atoms with Gasteiger partial charge in [-0.2, -0.15) is 4.90 Å². The first kappa shape index (κ1) is 33.8. The highest BCUT2D eigenvalue weighted by Gasteiger charge is 2.44. The third-order valence-electron chi connectivity index (χ3n) is 6.44. The summed E-state index contributed by atoms with van der Waals surface area (Å²) in [6.07, 6.45) is 1.14. The van der Waals surface area contributed by atoms with Gasteiger partial charge in [0, 0.05) is 5.92 Å². The third-order valence-corrected chi connectivity index (χ3v) is 6.44. The number of carbonyl (C=O) groups is 3. The monoisotopic (exact) mass is 595 g/mol. The quantitative estimate of drug-likeness (QED) is 0.266. The molecule has 9 heteroatoms. The van der Waals surface area contributed by atoms with Crippen LogP contribution < -0.4 is 0 Å². The highest BCUT2D eigenvalue weighted by atomic mass is 16.6. The predicted molar refractivity (Wildman–Crippen MR) is 163 cm³/mol. The summed E-state index contributed by atoms with van der Waals surface area (Å²) in [5.41, 5.74) is 0.251. The molecule has 2 aromatic carbocycles. The van der Waals surface area contributed by atoms with E-state index in [1.165, 1.54) is 0 Å². The number of hydrogen-bond acceptors (Lipinski definition) is 8. The third kappa shape index (κ3) is 11.1. The minimum Gasteiger partial charge on any atom is -0.458 e. The van der Waals surface area contributed by atoms with E-state index in [1.807, 2.05) is 72.8 Å². The number of nitrogens with zero attached hydrogens (tertiary/aromatic N) is 1. The Balaban J connectivity index is 1.88. The molecule has 3 rings (SSSR count). The van der Waals surface area contributed by atoms with Crippen LogP contribution in [0.4, 0.5) is 9.59 Å². The lowest BCUT2D eigenvalue weighted by Crippen LogP contribution is -2.54. The van der Waals surface area contributed by atoms with Crippen molar-refractivity contribution < 1.29 is 38.1 Å². The highest BCUT2D eigenvalue weighted by molar-refractivity contribution is 5.94. The Morgan fingerprint density at radius 3 is 2.00 bits per heavy atom. The average molecular weight is 596 g/mol.